The van der Waals surface area contributed by atoms with Crippen molar-refractivity contribution in [2.24, 2.45) is 0 Å². The molecule has 2 saturated heterocycles. The summed E-state index contributed by atoms with van der Waals surface area (Å²) >= 11 is 0. The average Bonchev–Trinajstić information content (AvgIpc) is 3.77. The van der Waals surface area contributed by atoms with Crippen LogP contribution in [-0.4, -0.2) is 109 Å². The SMILES string of the molecule is C=CCC(=O)[C@H](OC)[C@H]1OC(C)(C)O[C@H]1CO[Si](c1ccccc1)(c1ccccc1)C(C)(C)C.C=CC[C@H](O)[C@H](OC)[C@H]1OC(C)(C)O[C@H]1CO[Si](c1ccccc1)(c1ccccc1)C(C)(C)C. The summed E-state index contributed by atoms with van der Waals surface area (Å²) in [6.07, 6.45) is -0.104. The van der Waals surface area contributed by atoms with E-state index in [2.05, 4.69) is 152 Å². The molecule has 0 radical (unpaired) electrons. The molecular formula is C56H78O10Si2. The zero-order valence-electron chi connectivity index (χ0n) is 42.6. The number of benzene rings is 4. The number of hydrogen-bond donors (Lipinski definition) is 1. The van der Waals surface area contributed by atoms with Gasteiger partial charge in [-0.15, -0.1) is 13.2 Å². The monoisotopic (exact) mass is 967 g/mol. The zero-order chi connectivity index (χ0) is 50.0. The van der Waals surface area contributed by atoms with E-state index in [9.17, 15) is 9.90 Å². The van der Waals surface area contributed by atoms with Crippen molar-refractivity contribution in [2.45, 2.75) is 146 Å². The van der Waals surface area contributed by atoms with Crippen molar-refractivity contribution in [1.82, 2.24) is 0 Å². The fourth-order valence-electron chi connectivity index (χ4n) is 9.98. The lowest BCUT2D eigenvalue weighted by Crippen LogP contribution is -2.67. The summed E-state index contributed by atoms with van der Waals surface area (Å²) in [5.41, 5.74) is 0. The van der Waals surface area contributed by atoms with E-state index in [1.54, 1.807) is 19.3 Å². The number of ketones is 1. The largest absolute Gasteiger partial charge is 0.405 e. The topological polar surface area (TPSA) is 111 Å². The highest BCUT2D eigenvalue weighted by molar-refractivity contribution is 7.00. The first-order valence-electron chi connectivity index (χ1n) is 23.8. The van der Waals surface area contributed by atoms with E-state index in [-0.39, 0.29) is 28.9 Å². The second-order valence-corrected chi connectivity index (χ2v) is 29.2. The van der Waals surface area contributed by atoms with Gasteiger partial charge in [0.05, 0.1) is 19.3 Å². The van der Waals surface area contributed by atoms with E-state index in [0.717, 1.165) is 0 Å². The van der Waals surface area contributed by atoms with E-state index in [1.165, 1.54) is 27.9 Å². The van der Waals surface area contributed by atoms with E-state index < -0.39 is 70.9 Å². The third-order valence-electron chi connectivity index (χ3n) is 12.8. The highest BCUT2D eigenvalue weighted by Gasteiger charge is 2.55. The zero-order valence-corrected chi connectivity index (χ0v) is 44.6. The Labute approximate surface area is 409 Å². The molecule has 2 heterocycles. The minimum absolute atomic E-state index is 0.0840. The third kappa shape index (κ3) is 12.5. The summed E-state index contributed by atoms with van der Waals surface area (Å²) in [6.45, 7) is 29.0. The fraction of sp³-hybridized carbons (Fsp3) is 0.482. The molecule has 0 saturated carbocycles. The van der Waals surface area contributed by atoms with Gasteiger partial charge in [-0.25, -0.2) is 0 Å². The molecule has 370 valence electrons. The summed E-state index contributed by atoms with van der Waals surface area (Å²) in [6, 6.07) is 42.0. The second-order valence-electron chi connectivity index (χ2n) is 20.6. The van der Waals surface area contributed by atoms with Crippen LogP contribution in [0, 0.1) is 0 Å². The van der Waals surface area contributed by atoms with Gasteiger partial charge in [-0.3, -0.25) is 4.79 Å². The van der Waals surface area contributed by atoms with Gasteiger partial charge in [0.15, 0.2) is 17.4 Å². The van der Waals surface area contributed by atoms with Crippen molar-refractivity contribution in [1.29, 1.82) is 0 Å². The second kappa shape index (κ2) is 23.3. The maximum atomic E-state index is 12.8. The maximum absolute atomic E-state index is 12.8. The van der Waals surface area contributed by atoms with Crippen LogP contribution in [0.15, 0.2) is 147 Å². The Bertz CT molecular complexity index is 2090. The van der Waals surface area contributed by atoms with Gasteiger partial charge in [0, 0.05) is 20.6 Å². The Hall–Kier alpha value is -3.90. The molecule has 0 spiro atoms. The van der Waals surface area contributed by atoms with Crippen molar-refractivity contribution in [3.05, 3.63) is 147 Å². The van der Waals surface area contributed by atoms with Crippen LogP contribution >= 0.6 is 0 Å². The standard InChI is InChI=1S/C28H40O5Si.C28H38O5Si/c2*1-8-15-23(29)25(30-7)26-24(32-28(5,6)33-26)20-31-34(27(2,3)4,21-16-11-9-12-17-21)22-18-13-10-14-19-22/h8-14,16-19,23-26,29H,1,15,20H2,2-7H3;8-14,16-19,24-26H,1,15,20H2,2-7H3/t23-,24-,25-,26-;24-,25-,26-/m00/s1. The van der Waals surface area contributed by atoms with Crippen LogP contribution in [0.4, 0.5) is 0 Å². The number of carbonyl (C=O) groups excluding carboxylic acids is 1. The van der Waals surface area contributed by atoms with Crippen LogP contribution in [0.5, 0.6) is 0 Å². The molecule has 0 aliphatic carbocycles. The van der Waals surface area contributed by atoms with Crippen molar-refractivity contribution >= 4 is 43.2 Å². The molecule has 1 N–H and O–H groups in total. The molecule has 6 rings (SSSR count). The summed E-state index contributed by atoms with van der Waals surface area (Å²) in [5, 5.41) is 15.2. The first kappa shape index (κ1) is 55.0. The molecule has 10 nitrogen and oxygen atoms in total. The van der Waals surface area contributed by atoms with Gasteiger partial charge in [-0.1, -0.05) is 175 Å². The third-order valence-corrected chi connectivity index (χ3v) is 22.8. The Morgan fingerprint density at radius 3 is 1.26 bits per heavy atom. The van der Waals surface area contributed by atoms with E-state index in [1.807, 2.05) is 52.0 Å². The summed E-state index contributed by atoms with van der Waals surface area (Å²) < 4.78 is 50.4. The lowest BCUT2D eigenvalue weighted by Gasteiger charge is -2.43. The molecule has 2 aliphatic rings. The molecule has 2 fully saturated rings. The number of Topliss-reactive ketones (excluding diaryl/α,β-unsaturated/α-hetero) is 1. The van der Waals surface area contributed by atoms with Gasteiger partial charge >= 0.3 is 0 Å². The first-order valence-corrected chi connectivity index (χ1v) is 27.6. The Morgan fingerprint density at radius 2 is 0.956 bits per heavy atom. The van der Waals surface area contributed by atoms with Crippen LogP contribution in [0.2, 0.25) is 10.1 Å². The highest BCUT2D eigenvalue weighted by Crippen LogP contribution is 2.41. The number of aliphatic hydroxyl groups is 1. The minimum Gasteiger partial charge on any atom is -0.405 e. The number of allylic oxidation sites excluding steroid dienone is 1. The van der Waals surface area contributed by atoms with Crippen LogP contribution in [-0.2, 0) is 42.1 Å². The van der Waals surface area contributed by atoms with Gasteiger partial charge in [0.2, 0.25) is 0 Å². The molecule has 0 amide bonds. The van der Waals surface area contributed by atoms with Gasteiger partial charge < -0.3 is 42.4 Å². The van der Waals surface area contributed by atoms with E-state index in [4.69, 9.17) is 37.3 Å². The molecule has 4 aromatic rings. The summed E-state index contributed by atoms with van der Waals surface area (Å²) in [4.78, 5) is 12.8. The molecule has 12 heteroatoms. The van der Waals surface area contributed by atoms with Crippen molar-refractivity contribution in [3.8, 4) is 0 Å². The van der Waals surface area contributed by atoms with Gasteiger partial charge in [-0.2, -0.15) is 0 Å². The molecule has 0 bridgehead atoms. The highest BCUT2D eigenvalue weighted by atomic mass is 28.4. The molecule has 4 aromatic carbocycles. The quantitative estimate of drug-likeness (QED) is 0.0687. The van der Waals surface area contributed by atoms with Gasteiger partial charge in [-0.05, 0) is 64.9 Å². The normalized spacial score (nSPS) is 21.8. The Morgan fingerprint density at radius 1 is 0.603 bits per heavy atom. The van der Waals surface area contributed by atoms with Crippen molar-refractivity contribution in [2.75, 3.05) is 27.4 Å². The predicted molar refractivity (Wildman–Crippen MR) is 277 cm³/mol. The van der Waals surface area contributed by atoms with E-state index >= 15 is 0 Å². The Balaban J connectivity index is 0.000000254. The average molecular weight is 967 g/mol. The van der Waals surface area contributed by atoms with Crippen LogP contribution in [0.1, 0.15) is 82.1 Å². The maximum Gasteiger partial charge on any atom is 0.261 e. The van der Waals surface area contributed by atoms with Crippen LogP contribution in [0.3, 0.4) is 0 Å². The molecule has 68 heavy (non-hydrogen) atoms. The summed E-state index contributed by atoms with van der Waals surface area (Å²) in [5.74, 6) is -1.75. The number of aliphatic hydroxyl groups excluding tert-OH is 1. The lowest BCUT2D eigenvalue weighted by atomic mass is 10.0. The lowest BCUT2D eigenvalue weighted by molar-refractivity contribution is -0.166. The van der Waals surface area contributed by atoms with Gasteiger partial charge in [0.1, 0.15) is 36.6 Å². The predicted octanol–water partition coefficient (Wildman–Crippen LogP) is 8.28. The molecule has 2 aliphatic heterocycles. The molecule has 0 unspecified atom stereocenters. The van der Waals surface area contributed by atoms with Gasteiger partial charge in [0.25, 0.3) is 16.6 Å². The molecule has 7 atom stereocenters. The number of carbonyl (C=O) groups is 1. The molecule has 0 aromatic heterocycles. The van der Waals surface area contributed by atoms with Crippen molar-refractivity contribution < 1.29 is 47.2 Å². The van der Waals surface area contributed by atoms with E-state index in [0.29, 0.717) is 13.0 Å². The minimum atomic E-state index is -2.76. The van der Waals surface area contributed by atoms with Crippen molar-refractivity contribution in [3.63, 3.8) is 0 Å². The fourth-order valence-corrected chi connectivity index (χ4v) is 19.1. The number of ether oxygens (including phenoxy) is 6. The van der Waals surface area contributed by atoms with Crippen LogP contribution in [0.25, 0.3) is 0 Å². The number of methoxy groups -OCH3 is 2. The first-order chi connectivity index (χ1) is 32.1. The number of hydrogen-bond acceptors (Lipinski definition) is 10. The smallest absolute Gasteiger partial charge is 0.261 e. The summed E-state index contributed by atoms with van der Waals surface area (Å²) in [7, 11) is -2.38. The molecular weight excluding hydrogens is 889 g/mol. The number of rotatable bonds is 20. The Kier molecular flexibility index (Phi) is 18.9. The van der Waals surface area contributed by atoms with Crippen LogP contribution < -0.4 is 20.7 Å².